The molecule has 2 aliphatic rings. The van der Waals surface area contributed by atoms with E-state index in [9.17, 15) is 0 Å². The molecule has 112 valence electrons. The number of nitrogens with zero attached hydrogens (tertiary/aromatic N) is 3. The Morgan fingerprint density at radius 1 is 1.33 bits per heavy atom. The van der Waals surface area contributed by atoms with Gasteiger partial charge in [-0.2, -0.15) is 0 Å². The summed E-state index contributed by atoms with van der Waals surface area (Å²) < 4.78 is 5.83. The van der Waals surface area contributed by atoms with Crippen LogP contribution in [-0.2, 0) is 6.54 Å². The van der Waals surface area contributed by atoms with Crippen molar-refractivity contribution in [3.8, 4) is 10.8 Å². The van der Waals surface area contributed by atoms with Gasteiger partial charge in [-0.05, 0) is 50.2 Å². The van der Waals surface area contributed by atoms with Crippen LogP contribution in [0.15, 0.2) is 21.9 Å². The Hall–Kier alpha value is -1.24. The first-order valence-corrected chi connectivity index (χ1v) is 8.62. The van der Waals surface area contributed by atoms with Gasteiger partial charge in [0.2, 0.25) is 5.89 Å². The van der Waals surface area contributed by atoms with Crippen molar-refractivity contribution in [1.29, 1.82) is 0 Å². The molecule has 2 atom stereocenters. The number of nitrogens with one attached hydrogen (secondary N) is 1. The largest absolute Gasteiger partial charge is 0.419 e. The Labute approximate surface area is 128 Å². The zero-order valence-electron chi connectivity index (χ0n) is 12.0. The lowest BCUT2D eigenvalue weighted by Gasteiger charge is -2.28. The molecule has 2 aromatic heterocycles. The van der Waals surface area contributed by atoms with Crippen LogP contribution in [0.1, 0.15) is 31.6 Å². The van der Waals surface area contributed by atoms with Crippen molar-refractivity contribution in [2.24, 2.45) is 0 Å². The highest BCUT2D eigenvalue weighted by Gasteiger charge is 2.33. The van der Waals surface area contributed by atoms with Crippen LogP contribution in [0.3, 0.4) is 0 Å². The van der Waals surface area contributed by atoms with Gasteiger partial charge in [0.05, 0.1) is 11.4 Å². The van der Waals surface area contributed by atoms with Gasteiger partial charge in [0, 0.05) is 12.1 Å². The Morgan fingerprint density at radius 2 is 2.33 bits per heavy atom. The van der Waals surface area contributed by atoms with Crippen LogP contribution in [0.5, 0.6) is 0 Å². The summed E-state index contributed by atoms with van der Waals surface area (Å²) in [5, 5.41) is 14.1. The van der Waals surface area contributed by atoms with Crippen molar-refractivity contribution in [1.82, 2.24) is 20.4 Å². The molecule has 2 aliphatic heterocycles. The van der Waals surface area contributed by atoms with Crippen molar-refractivity contribution in [3.63, 3.8) is 0 Å². The van der Waals surface area contributed by atoms with E-state index in [2.05, 4.69) is 20.4 Å². The Morgan fingerprint density at radius 3 is 3.14 bits per heavy atom. The van der Waals surface area contributed by atoms with E-state index in [1.165, 1.54) is 25.7 Å². The highest BCUT2D eigenvalue weighted by molar-refractivity contribution is 7.13. The van der Waals surface area contributed by atoms with Gasteiger partial charge >= 0.3 is 0 Å². The lowest BCUT2D eigenvalue weighted by molar-refractivity contribution is 0.189. The summed E-state index contributed by atoms with van der Waals surface area (Å²) in [7, 11) is 0. The van der Waals surface area contributed by atoms with E-state index in [0.29, 0.717) is 18.0 Å². The third kappa shape index (κ3) is 2.75. The molecule has 4 rings (SSSR count). The van der Waals surface area contributed by atoms with Crippen molar-refractivity contribution in [2.75, 3.05) is 13.1 Å². The molecule has 0 spiro atoms. The van der Waals surface area contributed by atoms with Gasteiger partial charge in [-0.15, -0.1) is 21.5 Å². The zero-order valence-corrected chi connectivity index (χ0v) is 12.8. The van der Waals surface area contributed by atoms with Gasteiger partial charge in [-0.3, -0.25) is 4.90 Å². The monoisotopic (exact) mass is 304 g/mol. The molecule has 0 aromatic carbocycles. The van der Waals surface area contributed by atoms with E-state index < -0.39 is 0 Å². The number of hydrogen-bond acceptors (Lipinski definition) is 6. The molecule has 5 nitrogen and oxygen atoms in total. The first-order chi connectivity index (χ1) is 10.4. The summed E-state index contributed by atoms with van der Waals surface area (Å²) in [5.41, 5.74) is 0. The Bertz CT molecular complexity index is 576. The molecule has 0 radical (unpaired) electrons. The van der Waals surface area contributed by atoms with E-state index in [-0.39, 0.29) is 0 Å². The molecule has 0 amide bonds. The van der Waals surface area contributed by atoms with Gasteiger partial charge in [0.25, 0.3) is 5.89 Å². The molecule has 2 fully saturated rings. The molecule has 2 saturated heterocycles. The van der Waals surface area contributed by atoms with Crippen molar-refractivity contribution in [3.05, 3.63) is 23.4 Å². The molecule has 0 aliphatic carbocycles. The Balaban J connectivity index is 1.45. The molecule has 2 unspecified atom stereocenters. The first-order valence-electron chi connectivity index (χ1n) is 7.74. The lowest BCUT2D eigenvalue weighted by Crippen LogP contribution is -2.43. The summed E-state index contributed by atoms with van der Waals surface area (Å²) in [4.78, 5) is 3.55. The van der Waals surface area contributed by atoms with E-state index in [1.54, 1.807) is 11.3 Å². The number of thiophene rings is 1. The lowest BCUT2D eigenvalue weighted by atomic mass is 10.0. The van der Waals surface area contributed by atoms with E-state index in [4.69, 9.17) is 4.42 Å². The van der Waals surface area contributed by atoms with Crippen molar-refractivity contribution in [2.45, 2.75) is 44.3 Å². The molecule has 6 heteroatoms. The average molecular weight is 304 g/mol. The average Bonchev–Trinajstić information content (AvgIpc) is 3.28. The summed E-state index contributed by atoms with van der Waals surface area (Å²) in [6, 6.07) is 5.30. The first kappa shape index (κ1) is 13.4. The fourth-order valence-corrected chi connectivity index (χ4v) is 4.18. The van der Waals surface area contributed by atoms with Gasteiger partial charge in [0.15, 0.2) is 0 Å². The molecule has 2 aromatic rings. The van der Waals surface area contributed by atoms with Crippen LogP contribution < -0.4 is 5.32 Å². The molecular formula is C15H20N4OS. The van der Waals surface area contributed by atoms with Crippen LogP contribution in [-0.4, -0.2) is 40.3 Å². The molecule has 1 N–H and O–H groups in total. The number of hydrogen-bond donors (Lipinski definition) is 1. The second-order valence-electron chi connectivity index (χ2n) is 5.86. The fraction of sp³-hybridized carbons (Fsp3) is 0.600. The standard InChI is InChI=1S/C15H20N4OS/c1-4-11(16-7-1)12-5-2-8-19(12)10-14-17-18-15(20-14)13-6-3-9-21-13/h3,6,9,11-12,16H,1-2,4-5,7-8,10H2. The van der Waals surface area contributed by atoms with Crippen LogP contribution in [0.4, 0.5) is 0 Å². The third-order valence-electron chi connectivity index (χ3n) is 4.51. The van der Waals surface area contributed by atoms with Crippen LogP contribution in [0.2, 0.25) is 0 Å². The highest BCUT2D eigenvalue weighted by atomic mass is 32.1. The maximum atomic E-state index is 5.83. The molecule has 0 bridgehead atoms. The zero-order chi connectivity index (χ0) is 14.1. The number of rotatable bonds is 4. The predicted octanol–water partition coefficient (Wildman–Crippen LogP) is 2.51. The van der Waals surface area contributed by atoms with E-state index >= 15 is 0 Å². The second kappa shape index (κ2) is 5.87. The number of likely N-dealkylation sites (tertiary alicyclic amines) is 1. The molecular weight excluding hydrogens is 284 g/mol. The van der Waals surface area contributed by atoms with Crippen LogP contribution in [0, 0.1) is 0 Å². The van der Waals surface area contributed by atoms with Gasteiger partial charge in [0.1, 0.15) is 0 Å². The number of aromatic nitrogens is 2. The van der Waals surface area contributed by atoms with E-state index in [0.717, 1.165) is 30.4 Å². The van der Waals surface area contributed by atoms with Gasteiger partial charge in [-0.1, -0.05) is 6.07 Å². The Kier molecular flexibility index (Phi) is 3.75. The van der Waals surface area contributed by atoms with Crippen LogP contribution >= 0.6 is 11.3 Å². The summed E-state index contributed by atoms with van der Waals surface area (Å²) >= 11 is 1.63. The summed E-state index contributed by atoms with van der Waals surface area (Å²) in [6.07, 6.45) is 5.15. The normalized spacial score (nSPS) is 26.7. The highest BCUT2D eigenvalue weighted by Crippen LogP contribution is 2.27. The maximum absolute atomic E-state index is 5.83. The maximum Gasteiger partial charge on any atom is 0.257 e. The minimum atomic E-state index is 0.629. The second-order valence-corrected chi connectivity index (χ2v) is 6.81. The molecule has 0 saturated carbocycles. The van der Waals surface area contributed by atoms with E-state index in [1.807, 2.05) is 17.5 Å². The molecule has 4 heterocycles. The summed E-state index contributed by atoms with van der Waals surface area (Å²) in [5.74, 6) is 1.39. The third-order valence-corrected chi connectivity index (χ3v) is 5.37. The van der Waals surface area contributed by atoms with Gasteiger partial charge < -0.3 is 9.73 Å². The topological polar surface area (TPSA) is 54.2 Å². The van der Waals surface area contributed by atoms with Crippen molar-refractivity contribution >= 4 is 11.3 Å². The van der Waals surface area contributed by atoms with Crippen molar-refractivity contribution < 1.29 is 4.42 Å². The minimum Gasteiger partial charge on any atom is -0.419 e. The quantitative estimate of drug-likeness (QED) is 0.940. The fourth-order valence-electron chi connectivity index (χ4n) is 3.53. The molecule has 21 heavy (non-hydrogen) atoms. The summed E-state index contributed by atoms with van der Waals surface area (Å²) in [6.45, 7) is 3.08. The van der Waals surface area contributed by atoms with Gasteiger partial charge in [-0.25, -0.2) is 0 Å². The smallest absolute Gasteiger partial charge is 0.257 e. The predicted molar refractivity (Wildman–Crippen MR) is 82.1 cm³/mol. The minimum absolute atomic E-state index is 0.629. The SMILES string of the molecule is c1csc(-c2nnc(CN3CCCC3C3CCCN3)o2)c1. The van der Waals surface area contributed by atoms with Crippen LogP contribution in [0.25, 0.3) is 10.8 Å².